The van der Waals surface area contributed by atoms with E-state index >= 15 is 0 Å². The lowest BCUT2D eigenvalue weighted by Crippen LogP contribution is -2.27. The van der Waals surface area contributed by atoms with Gasteiger partial charge >= 0.3 is 5.97 Å². The molecule has 7 heteroatoms. The van der Waals surface area contributed by atoms with Gasteiger partial charge in [0.15, 0.2) is 0 Å². The average Bonchev–Trinajstić information content (AvgIpc) is 2.42. The van der Waals surface area contributed by atoms with Gasteiger partial charge in [0.2, 0.25) is 0 Å². The van der Waals surface area contributed by atoms with Gasteiger partial charge in [-0.25, -0.2) is 4.98 Å². The molecule has 0 aliphatic carbocycles. The van der Waals surface area contributed by atoms with Crippen molar-refractivity contribution >= 4 is 23.5 Å². The monoisotopic (exact) mass is 299 g/mol. The Morgan fingerprint density at radius 3 is 2.75 bits per heavy atom. The van der Waals surface area contributed by atoms with E-state index in [1.54, 1.807) is 0 Å². The first-order valence-corrected chi connectivity index (χ1v) is 6.88. The van der Waals surface area contributed by atoms with Crippen LogP contribution in [0.4, 0.5) is 0 Å². The number of nitrogens with zero attached hydrogens (tertiary/aromatic N) is 2. The summed E-state index contributed by atoms with van der Waals surface area (Å²) >= 11 is 5.66. The molecule has 20 heavy (non-hydrogen) atoms. The number of nitrogens with one attached hydrogen (secondary N) is 1. The van der Waals surface area contributed by atoms with Gasteiger partial charge in [-0.15, -0.1) is 0 Å². The van der Waals surface area contributed by atoms with Crippen LogP contribution in [0.5, 0.6) is 0 Å². The highest BCUT2D eigenvalue weighted by Gasteiger charge is 2.11. The fourth-order valence-electron chi connectivity index (χ4n) is 1.81. The summed E-state index contributed by atoms with van der Waals surface area (Å²) in [6.07, 6.45) is 5.12. The van der Waals surface area contributed by atoms with Gasteiger partial charge in [-0.05, 0) is 18.8 Å². The summed E-state index contributed by atoms with van der Waals surface area (Å²) in [4.78, 5) is 29.9. The summed E-state index contributed by atoms with van der Waals surface area (Å²) in [6, 6.07) is 0. The molecule has 0 fully saturated rings. The van der Waals surface area contributed by atoms with Gasteiger partial charge in [-0.3, -0.25) is 14.6 Å². The Balaban J connectivity index is 2.35. The Labute approximate surface area is 122 Å². The fourth-order valence-corrected chi connectivity index (χ4v) is 1.96. The van der Waals surface area contributed by atoms with Crippen LogP contribution < -0.4 is 5.32 Å². The number of halogens is 1. The molecule has 1 rings (SSSR count). The molecule has 110 valence electrons. The molecule has 0 aliphatic rings. The largest absolute Gasteiger partial charge is 0.481 e. The number of carbonyl (C=O) groups excluding carboxylic acids is 1. The van der Waals surface area contributed by atoms with Crippen LogP contribution in [0.25, 0.3) is 0 Å². The average molecular weight is 300 g/mol. The third-order valence-electron chi connectivity index (χ3n) is 3.02. The van der Waals surface area contributed by atoms with E-state index in [-0.39, 0.29) is 29.1 Å². The molecule has 1 aromatic rings. The predicted octanol–water partition coefficient (Wildman–Crippen LogP) is 2.14. The van der Waals surface area contributed by atoms with E-state index in [1.165, 1.54) is 12.4 Å². The van der Waals surface area contributed by atoms with E-state index in [2.05, 4.69) is 15.3 Å². The molecule has 1 atom stereocenters. The van der Waals surface area contributed by atoms with Gasteiger partial charge in [-0.2, -0.15) is 0 Å². The standard InChI is InChI=1S/C13H18ClN3O3/c1-2-9(3-4-12(18)19)5-6-16-13(20)10-7-15-8-11(14)17-10/h7-9H,2-6H2,1H3,(H,16,20)(H,18,19). The number of carbonyl (C=O) groups is 2. The molecule has 0 spiro atoms. The number of carboxylic acids is 1. The maximum Gasteiger partial charge on any atom is 0.303 e. The molecular weight excluding hydrogens is 282 g/mol. The van der Waals surface area contributed by atoms with Gasteiger partial charge < -0.3 is 10.4 Å². The first kappa shape index (κ1) is 16.4. The van der Waals surface area contributed by atoms with Crippen LogP contribution in [0, 0.1) is 5.92 Å². The lowest BCUT2D eigenvalue weighted by molar-refractivity contribution is -0.137. The van der Waals surface area contributed by atoms with E-state index in [4.69, 9.17) is 16.7 Å². The van der Waals surface area contributed by atoms with Gasteiger partial charge in [0.25, 0.3) is 5.91 Å². The molecule has 0 aliphatic heterocycles. The molecular formula is C13H18ClN3O3. The first-order chi connectivity index (χ1) is 9.52. The molecule has 2 N–H and O–H groups in total. The molecule has 0 saturated heterocycles. The van der Waals surface area contributed by atoms with Gasteiger partial charge in [0.05, 0.1) is 12.4 Å². The second kappa shape index (κ2) is 8.47. The molecule has 0 saturated carbocycles. The second-order valence-electron chi connectivity index (χ2n) is 4.48. The van der Waals surface area contributed by atoms with Crippen molar-refractivity contribution < 1.29 is 14.7 Å². The van der Waals surface area contributed by atoms with E-state index in [9.17, 15) is 9.59 Å². The second-order valence-corrected chi connectivity index (χ2v) is 4.87. The van der Waals surface area contributed by atoms with Gasteiger partial charge in [0, 0.05) is 13.0 Å². The van der Waals surface area contributed by atoms with E-state index in [0.717, 1.165) is 12.8 Å². The van der Waals surface area contributed by atoms with Crippen molar-refractivity contribution in [2.75, 3.05) is 6.54 Å². The number of aliphatic carboxylic acids is 1. The third kappa shape index (κ3) is 5.97. The minimum absolute atomic E-state index is 0.159. The third-order valence-corrected chi connectivity index (χ3v) is 3.20. The SMILES string of the molecule is CCC(CCNC(=O)c1cncc(Cl)n1)CCC(=O)O. The Bertz CT molecular complexity index is 468. The summed E-state index contributed by atoms with van der Waals surface area (Å²) in [5.41, 5.74) is 0.177. The number of carboxylic acid groups (broad SMARTS) is 1. The normalized spacial score (nSPS) is 11.9. The summed E-state index contributed by atoms with van der Waals surface area (Å²) in [6.45, 7) is 2.49. The minimum Gasteiger partial charge on any atom is -0.481 e. The molecule has 6 nitrogen and oxygen atoms in total. The highest BCUT2D eigenvalue weighted by atomic mass is 35.5. The van der Waals surface area contributed by atoms with Gasteiger partial charge in [-0.1, -0.05) is 24.9 Å². The summed E-state index contributed by atoms with van der Waals surface area (Å²) in [5.74, 6) is -0.827. The fraction of sp³-hybridized carbons (Fsp3) is 0.538. The lowest BCUT2D eigenvalue weighted by atomic mass is 9.96. The molecule has 0 bridgehead atoms. The highest BCUT2D eigenvalue weighted by Crippen LogP contribution is 2.14. The lowest BCUT2D eigenvalue weighted by Gasteiger charge is -2.13. The molecule has 1 heterocycles. The molecule has 1 aromatic heterocycles. The zero-order valence-electron chi connectivity index (χ0n) is 11.3. The van der Waals surface area contributed by atoms with E-state index in [0.29, 0.717) is 13.0 Å². The van der Waals surface area contributed by atoms with Crippen LogP contribution >= 0.6 is 11.6 Å². The van der Waals surface area contributed by atoms with Crippen LogP contribution in [-0.4, -0.2) is 33.5 Å². The van der Waals surface area contributed by atoms with Crippen LogP contribution in [0.1, 0.15) is 43.1 Å². The van der Waals surface area contributed by atoms with Crippen LogP contribution in [-0.2, 0) is 4.79 Å². The molecule has 0 aromatic carbocycles. The number of hydrogen-bond acceptors (Lipinski definition) is 4. The number of rotatable bonds is 8. The Morgan fingerprint density at radius 1 is 1.40 bits per heavy atom. The van der Waals surface area contributed by atoms with Crippen molar-refractivity contribution in [1.82, 2.24) is 15.3 Å². The summed E-state index contributed by atoms with van der Waals surface area (Å²) < 4.78 is 0. The van der Waals surface area contributed by atoms with Gasteiger partial charge in [0.1, 0.15) is 10.8 Å². The number of amides is 1. The highest BCUT2D eigenvalue weighted by molar-refractivity contribution is 6.29. The zero-order chi connectivity index (χ0) is 15.0. The van der Waals surface area contributed by atoms with Crippen molar-refractivity contribution in [1.29, 1.82) is 0 Å². The van der Waals surface area contributed by atoms with E-state index in [1.807, 2.05) is 6.92 Å². The first-order valence-electron chi connectivity index (χ1n) is 6.50. The molecule has 1 amide bonds. The van der Waals surface area contributed by atoms with Crippen molar-refractivity contribution in [3.63, 3.8) is 0 Å². The number of hydrogen-bond donors (Lipinski definition) is 2. The predicted molar refractivity (Wildman–Crippen MR) is 74.6 cm³/mol. The van der Waals surface area contributed by atoms with Crippen LogP contribution in [0.3, 0.4) is 0 Å². The molecule has 0 radical (unpaired) electrons. The topological polar surface area (TPSA) is 92.2 Å². The smallest absolute Gasteiger partial charge is 0.303 e. The van der Waals surface area contributed by atoms with E-state index < -0.39 is 5.97 Å². The van der Waals surface area contributed by atoms with Crippen molar-refractivity contribution in [3.8, 4) is 0 Å². The maximum atomic E-state index is 11.8. The maximum absolute atomic E-state index is 11.8. The van der Waals surface area contributed by atoms with Crippen molar-refractivity contribution in [3.05, 3.63) is 23.2 Å². The summed E-state index contributed by atoms with van der Waals surface area (Å²) in [7, 11) is 0. The Morgan fingerprint density at radius 2 is 2.15 bits per heavy atom. The Hall–Kier alpha value is -1.69. The van der Waals surface area contributed by atoms with Crippen LogP contribution in [0.15, 0.2) is 12.4 Å². The molecule has 1 unspecified atom stereocenters. The van der Waals surface area contributed by atoms with Crippen molar-refractivity contribution in [2.45, 2.75) is 32.6 Å². The number of aromatic nitrogens is 2. The Kier molecular flexibility index (Phi) is 6.93. The quantitative estimate of drug-likeness (QED) is 0.767. The zero-order valence-corrected chi connectivity index (χ0v) is 12.1. The van der Waals surface area contributed by atoms with Crippen LogP contribution in [0.2, 0.25) is 5.15 Å². The van der Waals surface area contributed by atoms with Crippen molar-refractivity contribution in [2.24, 2.45) is 5.92 Å². The summed E-state index contributed by atoms with van der Waals surface area (Å²) in [5, 5.41) is 11.6. The minimum atomic E-state index is -0.790.